The number of hydrogen-bond acceptors (Lipinski definition) is 2. The molecule has 0 aromatic rings. The van der Waals surface area contributed by atoms with Crippen molar-refractivity contribution in [2.75, 3.05) is 12.4 Å². The highest BCUT2D eigenvalue weighted by Crippen LogP contribution is 2.38. The minimum atomic E-state index is -4.25. The summed E-state index contributed by atoms with van der Waals surface area (Å²) in [5.74, 6) is -0.944. The quantitative estimate of drug-likeness (QED) is 0.405. The summed E-state index contributed by atoms with van der Waals surface area (Å²) in [6, 6.07) is -0.642. The summed E-state index contributed by atoms with van der Waals surface area (Å²) in [6.45, 7) is 1.47. The molecule has 0 radical (unpaired) electrons. The average Bonchev–Trinajstić information content (AvgIpc) is 1.99. The average molecular weight is 231 g/mol. The van der Waals surface area contributed by atoms with Crippen LogP contribution in [-0.4, -0.2) is 34.0 Å². The van der Waals surface area contributed by atoms with E-state index < -0.39 is 19.4 Å². The minimum Gasteiger partial charge on any atom is -0.337 e. The number of urea groups is 1. The number of amides is 2. The Balaban J connectivity index is 3.86. The maximum Gasteiger partial charge on any atom is 0.347 e. The topological polar surface area (TPSA) is 98.7 Å². The van der Waals surface area contributed by atoms with Crippen LogP contribution in [0.3, 0.4) is 0 Å². The van der Waals surface area contributed by atoms with Crippen LogP contribution in [0.2, 0.25) is 0 Å². The van der Waals surface area contributed by atoms with Crippen molar-refractivity contribution in [3.05, 3.63) is 0 Å². The Morgan fingerprint density at radius 1 is 1.62 bits per heavy atom. The molecule has 0 aliphatic rings. The van der Waals surface area contributed by atoms with Crippen LogP contribution in [0, 0.1) is 0 Å². The molecule has 0 aromatic carbocycles. The smallest absolute Gasteiger partial charge is 0.337 e. The SMILES string of the molecule is CC(NC(=O)NCCCl)P(=O)(O)O. The molecule has 1 atom stereocenters. The number of carbonyl (C=O) groups excluding carboxylic acids is 1. The molecule has 0 saturated carbocycles. The van der Waals surface area contributed by atoms with Gasteiger partial charge in [0.2, 0.25) is 0 Å². The molecule has 2 amide bonds. The lowest BCUT2D eigenvalue weighted by molar-refractivity contribution is 0.238. The van der Waals surface area contributed by atoms with E-state index in [-0.39, 0.29) is 12.4 Å². The molecule has 0 saturated heterocycles. The van der Waals surface area contributed by atoms with Crippen LogP contribution in [0.1, 0.15) is 6.92 Å². The fourth-order valence-corrected chi connectivity index (χ4v) is 0.866. The van der Waals surface area contributed by atoms with Crippen molar-refractivity contribution in [1.29, 1.82) is 0 Å². The first kappa shape index (κ1) is 12.7. The Bertz CT molecular complexity index is 219. The van der Waals surface area contributed by atoms with E-state index in [1.807, 2.05) is 0 Å². The van der Waals surface area contributed by atoms with Gasteiger partial charge in [0, 0.05) is 12.4 Å². The maximum absolute atomic E-state index is 10.8. The van der Waals surface area contributed by atoms with Gasteiger partial charge < -0.3 is 20.4 Å². The third kappa shape index (κ3) is 5.87. The van der Waals surface area contributed by atoms with Gasteiger partial charge >= 0.3 is 13.6 Å². The first-order chi connectivity index (χ1) is 5.88. The van der Waals surface area contributed by atoms with Crippen LogP contribution in [-0.2, 0) is 4.57 Å². The molecule has 0 rings (SSSR count). The molecule has 0 aliphatic heterocycles. The highest BCUT2D eigenvalue weighted by atomic mass is 35.5. The van der Waals surface area contributed by atoms with Crippen molar-refractivity contribution in [2.45, 2.75) is 12.7 Å². The van der Waals surface area contributed by atoms with E-state index in [4.69, 9.17) is 21.4 Å². The lowest BCUT2D eigenvalue weighted by atomic mass is 10.7. The molecule has 6 nitrogen and oxygen atoms in total. The zero-order chi connectivity index (χ0) is 10.5. The number of rotatable bonds is 4. The van der Waals surface area contributed by atoms with Gasteiger partial charge in [-0.2, -0.15) is 0 Å². The molecule has 4 N–H and O–H groups in total. The summed E-state index contributed by atoms with van der Waals surface area (Å²) in [5, 5.41) is 4.39. The van der Waals surface area contributed by atoms with E-state index >= 15 is 0 Å². The van der Waals surface area contributed by atoms with E-state index in [0.29, 0.717) is 0 Å². The van der Waals surface area contributed by atoms with Gasteiger partial charge in [0.15, 0.2) is 0 Å². The summed E-state index contributed by atoms with van der Waals surface area (Å²) in [4.78, 5) is 28.0. The van der Waals surface area contributed by atoms with Crippen LogP contribution in [0.4, 0.5) is 4.79 Å². The Kier molecular flexibility index (Phi) is 5.32. The number of halogens is 1. The molecular formula is C5H12ClN2O4P. The molecule has 0 spiro atoms. The second-order valence-corrected chi connectivity index (χ2v) is 4.69. The van der Waals surface area contributed by atoms with Gasteiger partial charge in [0.25, 0.3) is 0 Å². The summed E-state index contributed by atoms with van der Waals surface area (Å²) in [7, 11) is -4.25. The zero-order valence-electron chi connectivity index (χ0n) is 7.03. The summed E-state index contributed by atoms with van der Waals surface area (Å²) < 4.78 is 10.6. The number of carbonyl (C=O) groups is 1. The van der Waals surface area contributed by atoms with Crippen molar-refractivity contribution < 1.29 is 19.1 Å². The van der Waals surface area contributed by atoms with E-state index in [9.17, 15) is 9.36 Å². The van der Waals surface area contributed by atoms with Crippen LogP contribution >= 0.6 is 19.2 Å². The number of alkyl halides is 1. The molecular weight excluding hydrogens is 218 g/mol. The molecule has 78 valence electrons. The zero-order valence-corrected chi connectivity index (χ0v) is 8.68. The van der Waals surface area contributed by atoms with Crippen molar-refractivity contribution in [3.63, 3.8) is 0 Å². The summed E-state index contributed by atoms with van der Waals surface area (Å²) in [6.07, 6.45) is 0. The van der Waals surface area contributed by atoms with Gasteiger partial charge in [-0.3, -0.25) is 4.57 Å². The molecule has 0 fully saturated rings. The van der Waals surface area contributed by atoms with Crippen molar-refractivity contribution in [3.8, 4) is 0 Å². The Hall–Kier alpha value is -0.290. The number of hydrogen-bond donors (Lipinski definition) is 4. The lowest BCUT2D eigenvalue weighted by Gasteiger charge is -2.15. The second kappa shape index (κ2) is 5.44. The first-order valence-corrected chi connectivity index (χ1v) is 5.75. The van der Waals surface area contributed by atoms with Crippen LogP contribution < -0.4 is 10.6 Å². The number of nitrogens with one attached hydrogen (secondary N) is 2. The molecule has 0 aliphatic carbocycles. The van der Waals surface area contributed by atoms with Gasteiger partial charge in [-0.1, -0.05) is 0 Å². The predicted octanol–water partition coefficient (Wildman–Crippen LogP) is 0.0481. The third-order valence-corrected chi connectivity index (χ3v) is 2.55. The summed E-state index contributed by atoms with van der Waals surface area (Å²) >= 11 is 5.28. The standard InChI is InChI=1S/C5H12ClN2O4P/c1-4(13(10,11)12)8-5(9)7-3-2-6/h4H,2-3H2,1H3,(H2,7,8,9)(H2,10,11,12). The van der Waals surface area contributed by atoms with E-state index in [1.165, 1.54) is 6.92 Å². The maximum atomic E-state index is 10.8. The normalized spacial score (nSPS) is 13.5. The Morgan fingerprint density at radius 2 is 2.15 bits per heavy atom. The van der Waals surface area contributed by atoms with Crippen LogP contribution in [0.15, 0.2) is 0 Å². The van der Waals surface area contributed by atoms with E-state index in [2.05, 4.69) is 10.6 Å². The van der Waals surface area contributed by atoms with Crippen molar-refractivity contribution in [1.82, 2.24) is 10.6 Å². The highest BCUT2D eigenvalue weighted by molar-refractivity contribution is 7.52. The lowest BCUT2D eigenvalue weighted by Crippen LogP contribution is -2.41. The molecule has 1 unspecified atom stereocenters. The van der Waals surface area contributed by atoms with Crippen LogP contribution in [0.5, 0.6) is 0 Å². The highest BCUT2D eigenvalue weighted by Gasteiger charge is 2.24. The predicted molar refractivity (Wildman–Crippen MR) is 48.8 cm³/mol. The monoisotopic (exact) mass is 230 g/mol. The second-order valence-electron chi connectivity index (χ2n) is 2.35. The third-order valence-electron chi connectivity index (χ3n) is 1.22. The van der Waals surface area contributed by atoms with Crippen LogP contribution in [0.25, 0.3) is 0 Å². The molecule has 0 heterocycles. The van der Waals surface area contributed by atoms with Gasteiger partial charge in [-0.25, -0.2) is 4.79 Å². The van der Waals surface area contributed by atoms with E-state index in [1.54, 1.807) is 0 Å². The van der Waals surface area contributed by atoms with Gasteiger partial charge in [-0.15, -0.1) is 11.6 Å². The Morgan fingerprint density at radius 3 is 2.54 bits per heavy atom. The molecule has 8 heteroatoms. The molecule has 0 aromatic heterocycles. The molecule has 13 heavy (non-hydrogen) atoms. The largest absolute Gasteiger partial charge is 0.347 e. The first-order valence-electron chi connectivity index (χ1n) is 3.53. The van der Waals surface area contributed by atoms with Gasteiger partial charge in [0.1, 0.15) is 5.78 Å². The van der Waals surface area contributed by atoms with E-state index in [0.717, 1.165) is 0 Å². The minimum absolute atomic E-state index is 0.248. The van der Waals surface area contributed by atoms with Gasteiger partial charge in [-0.05, 0) is 6.92 Å². The van der Waals surface area contributed by atoms with Crippen molar-refractivity contribution in [2.24, 2.45) is 0 Å². The van der Waals surface area contributed by atoms with Crippen molar-refractivity contribution >= 4 is 25.2 Å². The Labute approximate surface area is 80.8 Å². The fraction of sp³-hybridized carbons (Fsp3) is 0.800. The summed E-state index contributed by atoms with van der Waals surface area (Å²) in [5.41, 5.74) is 0. The van der Waals surface area contributed by atoms with Gasteiger partial charge in [0.05, 0.1) is 0 Å². The molecule has 0 bridgehead atoms. The fourth-order valence-electron chi connectivity index (χ4n) is 0.486.